The highest BCUT2D eigenvalue weighted by Gasteiger charge is 2.59. The van der Waals surface area contributed by atoms with Crippen LogP contribution in [0.3, 0.4) is 0 Å². The number of pyridine rings is 1. The zero-order valence-corrected chi connectivity index (χ0v) is 16.5. The lowest BCUT2D eigenvalue weighted by atomic mass is 9.95. The minimum absolute atomic E-state index is 0.194. The van der Waals surface area contributed by atoms with Crippen LogP contribution in [0.15, 0.2) is 48.8 Å². The number of aryl methyl sites for hydroxylation is 2. The fourth-order valence-corrected chi connectivity index (χ4v) is 3.73. The summed E-state index contributed by atoms with van der Waals surface area (Å²) in [6.45, 7) is 3.81. The van der Waals surface area contributed by atoms with Crippen molar-refractivity contribution in [3.8, 4) is 5.75 Å². The standard InChI is InChI=1S/C22H20F2N4O2/c1-14-19(11-25-15(2)27-14)30-12-22(16-4-3-5-17(23)8-16)9-20(22)28(13-29)21-7-6-18(24)10-26-21/h3-8,10-11,13,20H,9,12H2,1-2H3/t20-,22+/m1/s1. The van der Waals surface area contributed by atoms with E-state index in [4.69, 9.17) is 4.74 Å². The molecule has 2 heterocycles. The third-order valence-corrected chi connectivity index (χ3v) is 5.40. The second-order valence-electron chi connectivity index (χ2n) is 7.39. The van der Waals surface area contributed by atoms with Gasteiger partial charge in [0.15, 0.2) is 5.75 Å². The number of halogens is 2. The van der Waals surface area contributed by atoms with E-state index in [1.54, 1.807) is 19.2 Å². The highest BCUT2D eigenvalue weighted by Crippen LogP contribution is 2.52. The number of benzene rings is 1. The Kier molecular flexibility index (Phi) is 5.15. The maximum Gasteiger partial charge on any atom is 0.215 e. The molecule has 0 N–H and O–H groups in total. The van der Waals surface area contributed by atoms with E-state index in [2.05, 4.69) is 15.0 Å². The molecule has 30 heavy (non-hydrogen) atoms. The molecule has 6 nitrogen and oxygen atoms in total. The molecule has 1 amide bonds. The Hall–Kier alpha value is -3.42. The molecule has 0 aliphatic heterocycles. The first-order valence-electron chi connectivity index (χ1n) is 9.47. The van der Waals surface area contributed by atoms with Gasteiger partial charge in [0, 0.05) is 0 Å². The van der Waals surface area contributed by atoms with Gasteiger partial charge in [-0.15, -0.1) is 0 Å². The van der Waals surface area contributed by atoms with Crippen LogP contribution in [0.4, 0.5) is 14.6 Å². The lowest BCUT2D eigenvalue weighted by Gasteiger charge is -2.24. The predicted molar refractivity (Wildman–Crippen MR) is 106 cm³/mol. The number of carbonyl (C=O) groups excluding carboxylic acids is 1. The Bertz CT molecular complexity index is 1080. The van der Waals surface area contributed by atoms with Crippen LogP contribution in [0.1, 0.15) is 23.5 Å². The summed E-state index contributed by atoms with van der Waals surface area (Å²) in [5.41, 5.74) is 0.768. The van der Waals surface area contributed by atoms with Crippen molar-refractivity contribution in [3.63, 3.8) is 0 Å². The minimum atomic E-state index is -0.642. The van der Waals surface area contributed by atoms with Gasteiger partial charge in [-0.25, -0.2) is 23.7 Å². The van der Waals surface area contributed by atoms with E-state index in [0.29, 0.717) is 41.5 Å². The minimum Gasteiger partial charge on any atom is -0.489 e. The number of hydrogen-bond donors (Lipinski definition) is 0. The molecule has 3 aromatic rings. The second-order valence-corrected chi connectivity index (χ2v) is 7.39. The molecule has 4 rings (SSSR count). The number of nitrogens with zero attached hydrogens (tertiary/aromatic N) is 4. The van der Waals surface area contributed by atoms with Crippen LogP contribution >= 0.6 is 0 Å². The van der Waals surface area contributed by atoms with E-state index in [0.717, 1.165) is 6.20 Å². The molecule has 154 valence electrons. The van der Waals surface area contributed by atoms with Gasteiger partial charge in [-0.3, -0.25) is 9.69 Å². The summed E-state index contributed by atoms with van der Waals surface area (Å²) in [5, 5.41) is 0. The second kappa shape index (κ2) is 7.78. The first kappa shape index (κ1) is 19.9. The van der Waals surface area contributed by atoms with Gasteiger partial charge in [0.05, 0.1) is 29.5 Å². The van der Waals surface area contributed by atoms with Gasteiger partial charge in [-0.05, 0) is 50.1 Å². The molecule has 1 aromatic carbocycles. The fraction of sp³-hybridized carbons (Fsp3) is 0.273. The zero-order valence-electron chi connectivity index (χ0n) is 16.5. The van der Waals surface area contributed by atoms with Crippen molar-refractivity contribution in [2.24, 2.45) is 0 Å². The molecule has 0 unspecified atom stereocenters. The van der Waals surface area contributed by atoms with Crippen LogP contribution in [0.5, 0.6) is 5.75 Å². The smallest absolute Gasteiger partial charge is 0.215 e. The number of hydrogen-bond acceptors (Lipinski definition) is 5. The number of rotatable bonds is 7. The van der Waals surface area contributed by atoms with Gasteiger partial charge >= 0.3 is 0 Å². The lowest BCUT2D eigenvalue weighted by Crippen LogP contribution is -2.34. The molecule has 0 saturated heterocycles. The van der Waals surface area contributed by atoms with Crippen LogP contribution in [0.25, 0.3) is 0 Å². The molecule has 1 aliphatic carbocycles. The monoisotopic (exact) mass is 410 g/mol. The summed E-state index contributed by atoms with van der Waals surface area (Å²) in [6, 6.07) is 8.62. The Morgan fingerprint density at radius 3 is 2.67 bits per heavy atom. The van der Waals surface area contributed by atoms with Crippen molar-refractivity contribution in [2.45, 2.75) is 31.7 Å². The Labute approximate surface area is 172 Å². The molecule has 1 fully saturated rings. The van der Waals surface area contributed by atoms with Crippen molar-refractivity contribution in [1.82, 2.24) is 15.0 Å². The molecular weight excluding hydrogens is 390 g/mol. The van der Waals surface area contributed by atoms with Gasteiger partial charge in [0.25, 0.3) is 0 Å². The van der Waals surface area contributed by atoms with Gasteiger partial charge in [0.2, 0.25) is 6.41 Å². The summed E-state index contributed by atoms with van der Waals surface area (Å²) in [7, 11) is 0. The maximum absolute atomic E-state index is 14.0. The highest BCUT2D eigenvalue weighted by molar-refractivity contribution is 5.76. The van der Waals surface area contributed by atoms with Crippen LogP contribution in [-0.2, 0) is 10.2 Å². The van der Waals surface area contributed by atoms with Crippen LogP contribution in [0, 0.1) is 25.5 Å². The van der Waals surface area contributed by atoms with Crippen molar-refractivity contribution >= 4 is 12.2 Å². The average Bonchev–Trinajstić information content (AvgIpc) is 3.45. The third kappa shape index (κ3) is 3.72. The van der Waals surface area contributed by atoms with E-state index in [9.17, 15) is 13.6 Å². The van der Waals surface area contributed by atoms with Crippen molar-refractivity contribution in [2.75, 3.05) is 11.5 Å². The molecule has 1 saturated carbocycles. The number of ether oxygens (including phenoxy) is 1. The van der Waals surface area contributed by atoms with E-state index in [1.807, 2.05) is 13.0 Å². The van der Waals surface area contributed by atoms with E-state index in [-0.39, 0.29) is 18.5 Å². The quantitative estimate of drug-likeness (QED) is 0.558. The lowest BCUT2D eigenvalue weighted by molar-refractivity contribution is -0.107. The van der Waals surface area contributed by atoms with Crippen molar-refractivity contribution in [1.29, 1.82) is 0 Å². The summed E-state index contributed by atoms with van der Waals surface area (Å²) < 4.78 is 33.3. The largest absolute Gasteiger partial charge is 0.489 e. The summed E-state index contributed by atoms with van der Waals surface area (Å²) in [6.07, 6.45) is 3.86. The molecule has 0 bridgehead atoms. The molecule has 2 atom stereocenters. The molecule has 1 aliphatic rings. The number of aromatic nitrogens is 3. The Balaban J connectivity index is 1.65. The number of amides is 1. The maximum atomic E-state index is 14.0. The van der Waals surface area contributed by atoms with Crippen molar-refractivity contribution in [3.05, 3.63) is 77.5 Å². The zero-order chi connectivity index (χ0) is 21.3. The Morgan fingerprint density at radius 1 is 1.17 bits per heavy atom. The van der Waals surface area contributed by atoms with Crippen LogP contribution in [-0.4, -0.2) is 34.0 Å². The molecule has 8 heteroatoms. The van der Waals surface area contributed by atoms with Crippen LogP contribution < -0.4 is 9.64 Å². The van der Waals surface area contributed by atoms with Gasteiger partial charge < -0.3 is 4.74 Å². The van der Waals surface area contributed by atoms with Crippen molar-refractivity contribution < 1.29 is 18.3 Å². The van der Waals surface area contributed by atoms with Gasteiger partial charge in [0.1, 0.15) is 29.9 Å². The van der Waals surface area contributed by atoms with Crippen LogP contribution in [0.2, 0.25) is 0 Å². The normalized spacial score (nSPS) is 19.9. The van der Waals surface area contributed by atoms with E-state index in [1.165, 1.54) is 29.2 Å². The molecule has 0 radical (unpaired) electrons. The predicted octanol–water partition coefficient (Wildman–Crippen LogP) is 3.52. The SMILES string of the molecule is Cc1ncc(OC[C@]2(c3cccc(F)c3)C[C@H]2N(C=O)c2ccc(F)cn2)c(C)n1. The summed E-state index contributed by atoms with van der Waals surface area (Å²) in [5.74, 6) is 0.627. The number of anilines is 1. The fourth-order valence-electron chi connectivity index (χ4n) is 3.73. The average molecular weight is 410 g/mol. The van der Waals surface area contributed by atoms with E-state index < -0.39 is 11.2 Å². The topological polar surface area (TPSA) is 68.2 Å². The molecule has 2 aromatic heterocycles. The number of carbonyl (C=O) groups is 1. The van der Waals surface area contributed by atoms with Gasteiger partial charge in [-0.2, -0.15) is 0 Å². The molecule has 0 spiro atoms. The first-order chi connectivity index (χ1) is 14.4. The summed E-state index contributed by atoms with van der Waals surface area (Å²) >= 11 is 0. The first-order valence-corrected chi connectivity index (χ1v) is 9.47. The Morgan fingerprint density at radius 2 is 2.00 bits per heavy atom. The molecular formula is C22H20F2N4O2. The van der Waals surface area contributed by atoms with E-state index >= 15 is 0 Å². The summed E-state index contributed by atoms with van der Waals surface area (Å²) in [4.78, 5) is 25.8. The third-order valence-electron chi connectivity index (χ3n) is 5.40. The highest BCUT2D eigenvalue weighted by atomic mass is 19.1. The van der Waals surface area contributed by atoms with Gasteiger partial charge in [-0.1, -0.05) is 12.1 Å².